The van der Waals surface area contributed by atoms with Gasteiger partial charge in [-0.2, -0.15) is 0 Å². The number of nitrogens with zero attached hydrogens (tertiary/aromatic N) is 2. The van der Waals surface area contributed by atoms with Gasteiger partial charge in [-0.3, -0.25) is 0 Å². The van der Waals surface area contributed by atoms with E-state index in [1.165, 1.54) is 32.1 Å². The van der Waals surface area contributed by atoms with Gasteiger partial charge in [-0.1, -0.05) is 59.8 Å². The summed E-state index contributed by atoms with van der Waals surface area (Å²) in [6, 6.07) is 6.82. The van der Waals surface area contributed by atoms with Crippen LogP contribution in [0.1, 0.15) is 71.8 Å². The fourth-order valence-corrected chi connectivity index (χ4v) is 2.94. The van der Waals surface area contributed by atoms with Crippen molar-refractivity contribution in [2.45, 2.75) is 78.8 Å². The first-order valence-electron chi connectivity index (χ1n) is 10.6. The van der Waals surface area contributed by atoms with Gasteiger partial charge in [0.2, 0.25) is 6.17 Å². The Balaban J connectivity index is 1.87. The number of aromatic nitrogens is 2. The lowest BCUT2D eigenvalue weighted by Crippen LogP contribution is -2.33. The van der Waals surface area contributed by atoms with Gasteiger partial charge in [0.1, 0.15) is 5.75 Å². The summed E-state index contributed by atoms with van der Waals surface area (Å²) in [6.07, 6.45) is 10.7. The van der Waals surface area contributed by atoms with Crippen LogP contribution >= 0.6 is 0 Å². The molecule has 2 rings (SSSR count). The minimum atomic E-state index is -1.68. The van der Waals surface area contributed by atoms with Gasteiger partial charge in [0, 0.05) is 23.4 Å². The summed E-state index contributed by atoms with van der Waals surface area (Å²) in [5.41, 5.74) is 1.18. The molecule has 1 atom stereocenters. The number of carbonyl (C=O) groups excluding carboxylic acids is 1. The Morgan fingerprint density at radius 3 is 2.17 bits per heavy atom. The van der Waals surface area contributed by atoms with Crippen LogP contribution in [-0.4, -0.2) is 22.1 Å². The second-order valence-electron chi connectivity index (χ2n) is 8.61. The highest BCUT2D eigenvalue weighted by Gasteiger charge is 2.32. The SMILES string of the molecule is CCCCCCCCc1cnc(-c2ccc(OC(=O)[C@@H](F)C(C)(C)C)cc2)nc1. The lowest BCUT2D eigenvalue weighted by molar-refractivity contribution is -0.143. The molecular formula is C24H33FN2O2. The Hall–Kier alpha value is -2.30. The molecule has 1 aromatic heterocycles. The molecule has 158 valence electrons. The number of esters is 1. The van der Waals surface area contributed by atoms with Gasteiger partial charge in [0.15, 0.2) is 5.82 Å². The van der Waals surface area contributed by atoms with Crippen LogP contribution < -0.4 is 4.74 Å². The first kappa shape index (κ1) is 23.0. The van der Waals surface area contributed by atoms with Gasteiger partial charge in [-0.05, 0) is 42.7 Å². The highest BCUT2D eigenvalue weighted by Crippen LogP contribution is 2.25. The van der Waals surface area contributed by atoms with E-state index in [-0.39, 0.29) is 0 Å². The van der Waals surface area contributed by atoms with E-state index in [1.807, 2.05) is 12.4 Å². The number of hydrogen-bond donors (Lipinski definition) is 0. The molecule has 0 saturated heterocycles. The zero-order valence-corrected chi connectivity index (χ0v) is 18.1. The molecule has 5 heteroatoms. The van der Waals surface area contributed by atoms with Crippen molar-refractivity contribution in [2.24, 2.45) is 5.41 Å². The Morgan fingerprint density at radius 1 is 1.00 bits per heavy atom. The van der Waals surface area contributed by atoms with Crippen LogP contribution in [0.25, 0.3) is 11.4 Å². The first-order valence-corrected chi connectivity index (χ1v) is 10.6. The average molecular weight is 401 g/mol. The zero-order valence-electron chi connectivity index (χ0n) is 18.1. The zero-order chi connectivity index (χ0) is 21.3. The predicted molar refractivity (Wildman–Crippen MR) is 115 cm³/mol. The summed E-state index contributed by atoms with van der Waals surface area (Å²) in [5.74, 6) is 0.0542. The van der Waals surface area contributed by atoms with Crippen LogP contribution in [-0.2, 0) is 11.2 Å². The lowest BCUT2D eigenvalue weighted by Gasteiger charge is -2.21. The second kappa shape index (κ2) is 11.0. The molecule has 4 nitrogen and oxygen atoms in total. The topological polar surface area (TPSA) is 52.1 Å². The van der Waals surface area contributed by atoms with Crippen molar-refractivity contribution in [1.29, 1.82) is 0 Å². The number of ether oxygens (including phenoxy) is 1. The minimum Gasteiger partial charge on any atom is -0.424 e. The van der Waals surface area contributed by atoms with Crippen molar-refractivity contribution in [3.05, 3.63) is 42.2 Å². The molecule has 0 aliphatic rings. The van der Waals surface area contributed by atoms with Gasteiger partial charge in [0.25, 0.3) is 0 Å². The van der Waals surface area contributed by atoms with Gasteiger partial charge in [-0.15, -0.1) is 0 Å². The maximum absolute atomic E-state index is 14.0. The molecule has 0 aliphatic heterocycles. The van der Waals surface area contributed by atoms with Crippen LogP contribution in [0.4, 0.5) is 4.39 Å². The fourth-order valence-electron chi connectivity index (χ4n) is 2.94. The lowest BCUT2D eigenvalue weighted by atomic mass is 9.90. The normalized spacial score (nSPS) is 12.6. The molecule has 0 fully saturated rings. The number of aryl methyl sites for hydroxylation is 1. The average Bonchev–Trinajstić information content (AvgIpc) is 2.70. The number of alkyl halides is 1. The van der Waals surface area contributed by atoms with E-state index in [4.69, 9.17) is 4.74 Å². The molecule has 0 spiro atoms. The molecule has 0 amide bonds. The Kier molecular flexibility index (Phi) is 8.74. The smallest absolute Gasteiger partial charge is 0.346 e. The third-order valence-electron chi connectivity index (χ3n) is 4.82. The van der Waals surface area contributed by atoms with Gasteiger partial charge < -0.3 is 4.74 Å². The maximum atomic E-state index is 14.0. The van der Waals surface area contributed by atoms with E-state index in [9.17, 15) is 9.18 Å². The van der Waals surface area contributed by atoms with Crippen LogP contribution in [0.15, 0.2) is 36.7 Å². The van der Waals surface area contributed by atoms with Crippen molar-refractivity contribution in [3.63, 3.8) is 0 Å². The predicted octanol–water partition coefficient (Wildman–Crippen LogP) is 6.34. The summed E-state index contributed by atoms with van der Waals surface area (Å²) < 4.78 is 19.2. The molecule has 0 aliphatic carbocycles. The van der Waals surface area contributed by atoms with Crippen molar-refractivity contribution in [3.8, 4) is 17.1 Å². The molecular weight excluding hydrogens is 367 g/mol. The van der Waals surface area contributed by atoms with Crippen molar-refractivity contribution >= 4 is 5.97 Å². The van der Waals surface area contributed by atoms with Crippen LogP contribution in [0.3, 0.4) is 0 Å². The van der Waals surface area contributed by atoms with Crippen LogP contribution in [0, 0.1) is 5.41 Å². The van der Waals surface area contributed by atoms with Crippen molar-refractivity contribution < 1.29 is 13.9 Å². The summed E-state index contributed by atoms with van der Waals surface area (Å²) in [6.45, 7) is 7.21. The van der Waals surface area contributed by atoms with E-state index in [0.29, 0.717) is 11.6 Å². The van der Waals surface area contributed by atoms with E-state index in [1.54, 1.807) is 45.0 Å². The molecule has 0 N–H and O–H groups in total. The second-order valence-corrected chi connectivity index (χ2v) is 8.61. The molecule has 0 bridgehead atoms. The summed E-state index contributed by atoms with van der Waals surface area (Å²) in [5, 5.41) is 0. The first-order chi connectivity index (χ1) is 13.8. The number of benzene rings is 1. The Labute approximate surface area is 173 Å². The number of unbranched alkanes of at least 4 members (excludes halogenated alkanes) is 5. The third-order valence-corrected chi connectivity index (χ3v) is 4.82. The van der Waals surface area contributed by atoms with Crippen molar-refractivity contribution in [1.82, 2.24) is 9.97 Å². The fraction of sp³-hybridized carbons (Fsp3) is 0.542. The Morgan fingerprint density at radius 2 is 1.59 bits per heavy atom. The molecule has 0 saturated carbocycles. The third kappa shape index (κ3) is 7.56. The molecule has 1 aromatic carbocycles. The largest absolute Gasteiger partial charge is 0.424 e. The number of halogens is 1. The summed E-state index contributed by atoms with van der Waals surface area (Å²) in [4.78, 5) is 20.8. The van der Waals surface area contributed by atoms with Crippen molar-refractivity contribution in [2.75, 3.05) is 0 Å². The maximum Gasteiger partial charge on any atom is 0.346 e. The monoisotopic (exact) mass is 400 g/mol. The van der Waals surface area contributed by atoms with Gasteiger partial charge in [-0.25, -0.2) is 19.2 Å². The highest BCUT2D eigenvalue weighted by molar-refractivity contribution is 5.78. The minimum absolute atomic E-state index is 0.311. The quantitative estimate of drug-likeness (QED) is 0.265. The standard InChI is InChI=1S/C24H33FN2O2/c1-5-6-7-8-9-10-11-18-16-26-22(27-17-18)19-12-14-20(15-13-19)29-23(28)21(25)24(2,3)4/h12-17,21H,5-11H2,1-4H3/t21-/m1/s1. The highest BCUT2D eigenvalue weighted by atomic mass is 19.1. The van der Waals surface area contributed by atoms with E-state index in [2.05, 4.69) is 16.9 Å². The summed E-state index contributed by atoms with van der Waals surface area (Å²) in [7, 11) is 0. The van der Waals surface area contributed by atoms with E-state index in [0.717, 1.165) is 24.0 Å². The molecule has 29 heavy (non-hydrogen) atoms. The van der Waals surface area contributed by atoms with Crippen LogP contribution in [0.5, 0.6) is 5.75 Å². The molecule has 0 radical (unpaired) electrons. The van der Waals surface area contributed by atoms with E-state index >= 15 is 0 Å². The van der Waals surface area contributed by atoms with Gasteiger partial charge in [0.05, 0.1) is 0 Å². The van der Waals surface area contributed by atoms with E-state index < -0.39 is 17.6 Å². The molecule has 2 aromatic rings. The Bertz CT molecular complexity index is 752. The molecule has 0 unspecified atom stereocenters. The number of rotatable bonds is 10. The summed E-state index contributed by atoms with van der Waals surface area (Å²) >= 11 is 0. The molecule has 1 heterocycles. The number of carbonyl (C=O) groups is 1. The van der Waals surface area contributed by atoms with Crippen LogP contribution in [0.2, 0.25) is 0 Å². The van der Waals surface area contributed by atoms with Gasteiger partial charge >= 0.3 is 5.97 Å². The number of hydrogen-bond acceptors (Lipinski definition) is 4.